The van der Waals surface area contributed by atoms with E-state index in [4.69, 9.17) is 0 Å². The van der Waals surface area contributed by atoms with E-state index in [1.54, 1.807) is 0 Å². The maximum atomic E-state index is 2.73. The van der Waals surface area contributed by atoms with Crippen LogP contribution in [-0.2, 0) is 16.2 Å². The van der Waals surface area contributed by atoms with Crippen LogP contribution in [0.4, 0.5) is 11.4 Å². The molecule has 9 aromatic carbocycles. The number of rotatable bonds is 3. The molecule has 16 rings (SSSR count). The van der Waals surface area contributed by atoms with Crippen molar-refractivity contribution in [1.29, 1.82) is 0 Å². The second kappa shape index (κ2) is 12.5. The van der Waals surface area contributed by atoms with Crippen molar-refractivity contribution in [3.05, 3.63) is 297 Å². The van der Waals surface area contributed by atoms with Gasteiger partial charge in [-0.1, -0.05) is 214 Å². The van der Waals surface area contributed by atoms with Crippen LogP contribution >= 0.6 is 0 Å². The lowest BCUT2D eigenvalue weighted by Crippen LogP contribution is -2.38. The zero-order chi connectivity index (χ0) is 44.7. The van der Waals surface area contributed by atoms with E-state index in [2.05, 4.69) is 243 Å². The second-order valence-corrected chi connectivity index (χ2v) is 20.6. The fourth-order valence-corrected chi connectivity index (χ4v) is 15.2. The molecule has 2 spiro atoms. The topological polar surface area (TPSA) is 3.24 Å². The quantitative estimate of drug-likeness (QED) is 0.171. The third-order valence-corrected chi connectivity index (χ3v) is 17.6. The van der Waals surface area contributed by atoms with Gasteiger partial charge in [0.2, 0.25) is 0 Å². The van der Waals surface area contributed by atoms with Crippen LogP contribution in [0.2, 0.25) is 0 Å². The monoisotopic (exact) mass is 863 g/mol. The van der Waals surface area contributed by atoms with E-state index in [1.165, 1.54) is 128 Å². The lowest BCUT2D eigenvalue weighted by Gasteiger charge is -2.49. The predicted molar refractivity (Wildman–Crippen MR) is 279 cm³/mol. The summed E-state index contributed by atoms with van der Waals surface area (Å²) in [6.07, 6.45) is 8.65. The van der Waals surface area contributed by atoms with Crippen LogP contribution in [0.25, 0.3) is 44.2 Å². The first kappa shape index (κ1) is 37.1. The normalized spacial score (nSPS) is 21.6. The maximum absolute atomic E-state index is 2.73. The molecule has 0 radical (unpaired) electrons. The number of fused-ring (bicyclic) bond motifs is 14. The van der Waals surface area contributed by atoms with Crippen LogP contribution in [0.15, 0.2) is 241 Å². The van der Waals surface area contributed by atoms with Crippen LogP contribution in [-0.4, -0.2) is 0 Å². The number of anilines is 2. The van der Waals surface area contributed by atoms with Gasteiger partial charge in [-0.2, -0.15) is 0 Å². The number of nitrogens with zero attached hydrogens (tertiary/aromatic N) is 1. The standard InChI is InChI=1S/C67H45N/c1-64(2)51-28-14-11-25-46(51)48-37-35-44(39-56(48)64)68-58-33-17-31-54-60(58)63-55(67(54)52-29-15-12-26-47(52)49-36-34-41-19-9-10-24-45(41)61(49)67)32-18-38-65(63)59(68)40-57-62(65)50-27-13-16-30-53(50)66(57,42-20-5-3-6-21-42)43-22-7-4-8-23-43/h3-37,39-40H,38H2,1-2H3. The summed E-state index contributed by atoms with van der Waals surface area (Å²) in [7, 11) is 0. The van der Waals surface area contributed by atoms with Gasteiger partial charge in [0.05, 0.1) is 21.9 Å². The summed E-state index contributed by atoms with van der Waals surface area (Å²) in [4.78, 5) is 2.73. The van der Waals surface area contributed by atoms with Crippen molar-refractivity contribution in [2.45, 2.75) is 36.5 Å². The molecule has 0 saturated carbocycles. The van der Waals surface area contributed by atoms with E-state index in [1.807, 2.05) is 0 Å². The first-order valence-electron chi connectivity index (χ1n) is 24.4. The van der Waals surface area contributed by atoms with Gasteiger partial charge < -0.3 is 4.90 Å². The highest BCUT2D eigenvalue weighted by Gasteiger charge is 2.66. The van der Waals surface area contributed by atoms with Crippen molar-refractivity contribution < 1.29 is 0 Å². The average molecular weight is 864 g/mol. The van der Waals surface area contributed by atoms with Gasteiger partial charge in [-0.25, -0.2) is 0 Å². The van der Waals surface area contributed by atoms with Crippen molar-refractivity contribution in [3.63, 3.8) is 0 Å². The smallest absolute Gasteiger partial charge is 0.0729 e. The molecule has 0 amide bonds. The molecule has 1 heterocycles. The zero-order valence-electron chi connectivity index (χ0n) is 38.0. The summed E-state index contributed by atoms with van der Waals surface area (Å²) in [5.41, 5.74) is 26.9. The van der Waals surface area contributed by atoms with E-state index < -0.39 is 16.2 Å². The number of hydrogen-bond donors (Lipinski definition) is 0. The Morgan fingerprint density at radius 2 is 1.04 bits per heavy atom. The van der Waals surface area contributed by atoms with Gasteiger partial charge in [0.1, 0.15) is 0 Å². The molecular weight excluding hydrogens is 819 g/mol. The molecule has 1 aliphatic heterocycles. The molecule has 0 bridgehead atoms. The number of benzene rings is 9. The summed E-state index contributed by atoms with van der Waals surface area (Å²) in [5, 5.41) is 2.61. The molecule has 1 heteroatoms. The maximum Gasteiger partial charge on any atom is 0.0729 e. The molecule has 0 aromatic heterocycles. The SMILES string of the molecule is CC1(C)c2ccccc2-c2ccc(N3C4=CC5=C(c6ccccc6C5(c5ccccc5)c5ccccc5)C45CC=CC4=C5c5c3cccc5C43c4ccccc4-c4ccc5ccccc5c43)cc21. The van der Waals surface area contributed by atoms with Gasteiger partial charge >= 0.3 is 0 Å². The van der Waals surface area contributed by atoms with Crippen LogP contribution in [0.1, 0.15) is 75.9 Å². The highest BCUT2D eigenvalue weighted by Crippen LogP contribution is 2.78. The molecule has 0 fully saturated rings. The lowest BCUT2D eigenvalue weighted by atomic mass is 9.61. The Balaban J connectivity index is 1.09. The third kappa shape index (κ3) is 4.00. The minimum atomic E-state index is -0.545. The molecule has 6 aliphatic carbocycles. The largest absolute Gasteiger partial charge is 0.312 e. The minimum Gasteiger partial charge on any atom is -0.312 e. The van der Waals surface area contributed by atoms with Crippen molar-refractivity contribution in [2.24, 2.45) is 5.41 Å². The minimum absolute atomic E-state index is 0.152. The van der Waals surface area contributed by atoms with Gasteiger partial charge in [-0.15, -0.1) is 0 Å². The Bertz CT molecular complexity index is 3870. The third-order valence-electron chi connectivity index (χ3n) is 17.6. The van der Waals surface area contributed by atoms with Gasteiger partial charge in [0.25, 0.3) is 0 Å². The van der Waals surface area contributed by atoms with Crippen LogP contribution in [0.5, 0.6) is 0 Å². The van der Waals surface area contributed by atoms with Gasteiger partial charge in [0, 0.05) is 22.4 Å². The fourth-order valence-electron chi connectivity index (χ4n) is 15.2. The predicted octanol–water partition coefficient (Wildman–Crippen LogP) is 16.0. The van der Waals surface area contributed by atoms with Crippen molar-refractivity contribution in [3.8, 4) is 22.3 Å². The first-order valence-corrected chi connectivity index (χ1v) is 24.4. The van der Waals surface area contributed by atoms with Gasteiger partial charge in [-0.3, -0.25) is 0 Å². The molecule has 2 atom stereocenters. The Labute approximate surface area is 397 Å². The molecule has 68 heavy (non-hydrogen) atoms. The first-order chi connectivity index (χ1) is 33.5. The molecular formula is C67H45N. The fraction of sp³-hybridized carbons (Fsp3) is 0.104. The Kier molecular flexibility index (Phi) is 6.83. The summed E-state index contributed by atoms with van der Waals surface area (Å²) in [6.45, 7) is 4.83. The number of hydrogen-bond acceptors (Lipinski definition) is 1. The summed E-state index contributed by atoms with van der Waals surface area (Å²) < 4.78 is 0. The van der Waals surface area contributed by atoms with E-state index in [9.17, 15) is 0 Å². The van der Waals surface area contributed by atoms with Gasteiger partial charge in [0.15, 0.2) is 0 Å². The zero-order valence-corrected chi connectivity index (χ0v) is 38.0. The van der Waals surface area contributed by atoms with E-state index in [-0.39, 0.29) is 5.41 Å². The average Bonchev–Trinajstić information content (AvgIpc) is 4.14. The highest BCUT2D eigenvalue weighted by molar-refractivity contribution is 6.14. The van der Waals surface area contributed by atoms with E-state index in [0.717, 1.165) is 6.42 Å². The van der Waals surface area contributed by atoms with Crippen molar-refractivity contribution in [2.75, 3.05) is 4.90 Å². The van der Waals surface area contributed by atoms with Crippen LogP contribution in [0, 0.1) is 5.41 Å². The molecule has 1 nitrogen and oxygen atoms in total. The molecule has 7 aliphatic rings. The van der Waals surface area contributed by atoms with Crippen molar-refractivity contribution in [1.82, 2.24) is 0 Å². The molecule has 9 aromatic rings. The van der Waals surface area contributed by atoms with E-state index >= 15 is 0 Å². The molecule has 0 saturated heterocycles. The molecule has 0 N–H and O–H groups in total. The van der Waals surface area contributed by atoms with E-state index in [0.29, 0.717) is 0 Å². The summed E-state index contributed by atoms with van der Waals surface area (Å²) in [6, 6.07) is 79.1. The number of allylic oxidation sites excluding steroid dienone is 6. The second-order valence-electron chi connectivity index (χ2n) is 20.6. The Morgan fingerprint density at radius 3 is 1.81 bits per heavy atom. The Hall–Kier alpha value is -8.00. The van der Waals surface area contributed by atoms with Gasteiger partial charge in [-0.05, 0) is 136 Å². The van der Waals surface area contributed by atoms with Crippen LogP contribution < -0.4 is 4.90 Å². The molecule has 2 unspecified atom stereocenters. The molecule has 318 valence electrons. The van der Waals surface area contributed by atoms with Crippen LogP contribution in [0.3, 0.4) is 0 Å². The lowest BCUT2D eigenvalue weighted by molar-refractivity contribution is 0.613. The summed E-state index contributed by atoms with van der Waals surface area (Å²) >= 11 is 0. The summed E-state index contributed by atoms with van der Waals surface area (Å²) in [5.74, 6) is 0. The Morgan fingerprint density at radius 1 is 0.441 bits per heavy atom. The van der Waals surface area contributed by atoms with Crippen molar-refractivity contribution >= 4 is 33.3 Å². The highest BCUT2D eigenvalue weighted by atomic mass is 15.2.